The van der Waals surface area contributed by atoms with Gasteiger partial charge in [0.25, 0.3) is 0 Å². The molecule has 0 bridgehead atoms. The first-order chi connectivity index (χ1) is 12.1. The van der Waals surface area contributed by atoms with Crippen molar-refractivity contribution in [1.29, 1.82) is 0 Å². The zero-order valence-corrected chi connectivity index (χ0v) is 13.0. The fraction of sp³-hybridized carbons (Fsp3) is 0.158. The quantitative estimate of drug-likeness (QED) is 0.511. The van der Waals surface area contributed by atoms with Crippen LogP contribution in [-0.4, -0.2) is 23.8 Å². The van der Waals surface area contributed by atoms with Gasteiger partial charge in [0.1, 0.15) is 11.8 Å². The van der Waals surface area contributed by atoms with Crippen LogP contribution in [-0.2, 0) is 23.9 Å². The number of rotatable bonds is 2. The molecule has 6 nitrogen and oxygen atoms in total. The minimum absolute atomic E-state index is 0.289. The Morgan fingerprint density at radius 3 is 1.96 bits per heavy atom. The maximum absolute atomic E-state index is 12.7. The normalized spacial score (nSPS) is 18.5. The standard InChI is InChI=1S/C19H13NO5/c21-15-9-14(17(22)20-15)18(23)25-19(24)16-12-7-3-1-5-10(12)11-6-2-4-8-13(11)16/h1-8,14,16H,9H2,(H,20,21,22). The zero-order valence-electron chi connectivity index (χ0n) is 13.0. The van der Waals surface area contributed by atoms with Crippen molar-refractivity contribution in [2.75, 3.05) is 0 Å². The van der Waals surface area contributed by atoms with Gasteiger partial charge in [0.15, 0.2) is 0 Å². The van der Waals surface area contributed by atoms with E-state index in [9.17, 15) is 19.2 Å². The average molecular weight is 335 g/mol. The van der Waals surface area contributed by atoms with Gasteiger partial charge < -0.3 is 4.74 Å². The molecule has 4 rings (SSSR count). The number of amides is 2. The van der Waals surface area contributed by atoms with Gasteiger partial charge >= 0.3 is 11.9 Å². The smallest absolute Gasteiger partial charge is 0.326 e. The first-order valence-electron chi connectivity index (χ1n) is 7.83. The van der Waals surface area contributed by atoms with Gasteiger partial charge in [-0.1, -0.05) is 48.5 Å². The molecule has 1 atom stereocenters. The number of benzene rings is 2. The van der Waals surface area contributed by atoms with Crippen molar-refractivity contribution in [3.8, 4) is 11.1 Å². The first kappa shape index (κ1) is 15.3. The van der Waals surface area contributed by atoms with Gasteiger partial charge in [0.05, 0.1) is 0 Å². The third-order valence-electron chi connectivity index (χ3n) is 4.52. The number of nitrogens with one attached hydrogen (secondary N) is 1. The summed E-state index contributed by atoms with van der Waals surface area (Å²) in [5.74, 6) is -4.99. The van der Waals surface area contributed by atoms with Crippen LogP contribution in [0.5, 0.6) is 0 Å². The molecule has 1 aliphatic carbocycles. The fourth-order valence-corrected chi connectivity index (χ4v) is 3.38. The number of carbonyl (C=O) groups is 4. The Morgan fingerprint density at radius 2 is 1.44 bits per heavy atom. The molecule has 1 saturated heterocycles. The van der Waals surface area contributed by atoms with Gasteiger partial charge in [-0.05, 0) is 22.3 Å². The van der Waals surface area contributed by atoms with Crippen LogP contribution in [0.15, 0.2) is 48.5 Å². The van der Waals surface area contributed by atoms with Crippen LogP contribution in [0.4, 0.5) is 0 Å². The molecule has 6 heteroatoms. The summed E-state index contributed by atoms with van der Waals surface area (Å²) in [6.07, 6.45) is -0.289. The zero-order chi connectivity index (χ0) is 17.6. The molecular formula is C19H13NO5. The van der Waals surface area contributed by atoms with Gasteiger partial charge in [-0.15, -0.1) is 0 Å². The minimum atomic E-state index is -1.26. The molecule has 0 spiro atoms. The van der Waals surface area contributed by atoms with Crippen molar-refractivity contribution < 1.29 is 23.9 Å². The van der Waals surface area contributed by atoms with Crippen LogP contribution < -0.4 is 5.32 Å². The molecule has 1 unspecified atom stereocenters. The number of ether oxygens (including phenoxy) is 1. The highest BCUT2D eigenvalue weighted by Gasteiger charge is 2.41. The van der Waals surface area contributed by atoms with Crippen LogP contribution >= 0.6 is 0 Å². The second-order valence-electron chi connectivity index (χ2n) is 6.02. The van der Waals surface area contributed by atoms with Crippen molar-refractivity contribution >= 4 is 23.8 Å². The van der Waals surface area contributed by atoms with Gasteiger partial charge in [0, 0.05) is 6.42 Å². The van der Waals surface area contributed by atoms with Crippen LogP contribution in [0.25, 0.3) is 11.1 Å². The second-order valence-corrected chi connectivity index (χ2v) is 6.02. The van der Waals surface area contributed by atoms with Crippen molar-refractivity contribution in [2.45, 2.75) is 12.3 Å². The Kier molecular flexibility index (Phi) is 3.46. The summed E-state index contributed by atoms with van der Waals surface area (Å²) in [6, 6.07) is 14.8. The molecule has 1 N–H and O–H groups in total. The molecule has 1 aliphatic heterocycles. The summed E-state index contributed by atoms with van der Waals surface area (Å²) in [5, 5.41) is 2.03. The van der Waals surface area contributed by atoms with Crippen molar-refractivity contribution in [1.82, 2.24) is 5.32 Å². The molecule has 1 fully saturated rings. The van der Waals surface area contributed by atoms with Crippen LogP contribution in [0.3, 0.4) is 0 Å². The summed E-state index contributed by atoms with van der Waals surface area (Å²) in [7, 11) is 0. The van der Waals surface area contributed by atoms with Gasteiger partial charge in [0.2, 0.25) is 11.8 Å². The second kappa shape index (κ2) is 5.66. The van der Waals surface area contributed by atoms with E-state index in [4.69, 9.17) is 4.74 Å². The molecule has 2 aromatic carbocycles. The summed E-state index contributed by atoms with van der Waals surface area (Å²) in [5.41, 5.74) is 3.35. The summed E-state index contributed by atoms with van der Waals surface area (Å²) in [6.45, 7) is 0. The predicted octanol–water partition coefficient (Wildman–Crippen LogP) is 1.53. The lowest BCUT2D eigenvalue weighted by molar-refractivity contribution is -0.163. The highest BCUT2D eigenvalue weighted by atomic mass is 16.6. The van der Waals surface area contributed by atoms with E-state index in [2.05, 4.69) is 0 Å². The predicted molar refractivity (Wildman–Crippen MR) is 86.1 cm³/mol. The molecule has 0 aromatic heterocycles. The number of hydrogen-bond acceptors (Lipinski definition) is 5. The first-order valence-corrected chi connectivity index (χ1v) is 7.83. The van der Waals surface area contributed by atoms with Gasteiger partial charge in [-0.25, -0.2) is 0 Å². The lowest BCUT2D eigenvalue weighted by atomic mass is 9.97. The molecule has 0 radical (unpaired) electrons. The third-order valence-corrected chi connectivity index (χ3v) is 4.52. The maximum Gasteiger partial charge on any atom is 0.326 e. The van der Waals surface area contributed by atoms with Crippen molar-refractivity contribution in [2.24, 2.45) is 5.92 Å². The lowest BCUT2D eigenvalue weighted by Gasteiger charge is -2.13. The third kappa shape index (κ3) is 2.42. The van der Waals surface area contributed by atoms with E-state index >= 15 is 0 Å². The molecule has 2 amide bonds. The monoisotopic (exact) mass is 335 g/mol. The van der Waals surface area contributed by atoms with Gasteiger partial charge in [-0.2, -0.15) is 0 Å². The van der Waals surface area contributed by atoms with E-state index < -0.39 is 35.6 Å². The Labute approximate surface area is 142 Å². The lowest BCUT2D eigenvalue weighted by Crippen LogP contribution is -2.30. The Morgan fingerprint density at radius 1 is 0.880 bits per heavy atom. The van der Waals surface area contributed by atoms with E-state index in [0.717, 1.165) is 22.3 Å². The molecule has 25 heavy (non-hydrogen) atoms. The number of hydrogen-bond donors (Lipinski definition) is 1. The number of carbonyl (C=O) groups excluding carboxylic acids is 4. The fourth-order valence-electron chi connectivity index (χ4n) is 3.38. The highest BCUT2D eigenvalue weighted by Crippen LogP contribution is 2.45. The molecule has 0 saturated carbocycles. The Hall–Kier alpha value is -3.28. The number of fused-ring (bicyclic) bond motifs is 3. The summed E-state index contributed by atoms with van der Waals surface area (Å²) in [4.78, 5) is 47.6. The van der Waals surface area contributed by atoms with Crippen molar-refractivity contribution in [3.63, 3.8) is 0 Å². The molecule has 2 aromatic rings. The SMILES string of the molecule is O=C1CC(C(=O)OC(=O)C2c3ccccc3-c3ccccc32)C(=O)N1. The van der Waals surface area contributed by atoms with E-state index in [-0.39, 0.29) is 6.42 Å². The summed E-state index contributed by atoms with van der Waals surface area (Å²) < 4.78 is 4.96. The van der Waals surface area contributed by atoms with Gasteiger partial charge in [-0.3, -0.25) is 24.5 Å². The van der Waals surface area contributed by atoms with E-state index in [0.29, 0.717) is 0 Å². The van der Waals surface area contributed by atoms with Crippen molar-refractivity contribution in [3.05, 3.63) is 59.7 Å². The van der Waals surface area contributed by atoms with Crippen LogP contribution in [0.1, 0.15) is 23.5 Å². The Balaban J connectivity index is 1.63. The maximum atomic E-state index is 12.7. The van der Waals surface area contributed by atoms with E-state index in [1.165, 1.54) is 0 Å². The largest absolute Gasteiger partial charge is 0.392 e. The summed E-state index contributed by atoms with van der Waals surface area (Å²) >= 11 is 0. The average Bonchev–Trinajstić information content (AvgIpc) is 3.11. The molecular weight excluding hydrogens is 322 g/mol. The van der Waals surface area contributed by atoms with E-state index in [1.54, 1.807) is 0 Å². The number of imide groups is 1. The van der Waals surface area contributed by atoms with Crippen LogP contribution in [0, 0.1) is 5.92 Å². The molecule has 124 valence electrons. The topological polar surface area (TPSA) is 89.5 Å². The minimum Gasteiger partial charge on any atom is -0.392 e. The molecule has 1 heterocycles. The Bertz CT molecular complexity index is 887. The van der Waals surface area contributed by atoms with E-state index in [1.807, 2.05) is 53.8 Å². The number of esters is 2. The van der Waals surface area contributed by atoms with Crippen LogP contribution in [0.2, 0.25) is 0 Å². The molecule has 2 aliphatic rings. The highest BCUT2D eigenvalue weighted by molar-refractivity contribution is 6.14.